The Morgan fingerprint density at radius 2 is 1.94 bits per heavy atom. The molecule has 2 heteroatoms. The first-order chi connectivity index (χ1) is 8.51. The molecule has 0 heterocycles. The van der Waals surface area contributed by atoms with Crippen molar-refractivity contribution in [2.24, 2.45) is 0 Å². The van der Waals surface area contributed by atoms with E-state index in [2.05, 4.69) is 59.9 Å². The molecule has 0 aliphatic rings. The lowest BCUT2D eigenvalue weighted by molar-refractivity contribution is 1.07. The van der Waals surface area contributed by atoms with Crippen molar-refractivity contribution in [3.8, 4) is 0 Å². The number of allylic oxidation sites excluding steroid dienone is 3. The molecule has 1 rings (SSSR count). The molecule has 18 heavy (non-hydrogen) atoms. The van der Waals surface area contributed by atoms with Crippen molar-refractivity contribution in [1.29, 1.82) is 0 Å². The first-order valence-corrected chi connectivity index (χ1v) is 6.81. The molecule has 1 aromatic rings. The number of nitrogens with one attached hydrogen (secondary N) is 1. The minimum Gasteiger partial charge on any atom is -0.356 e. The van der Waals surface area contributed by atoms with Crippen LogP contribution < -0.4 is 5.32 Å². The van der Waals surface area contributed by atoms with Gasteiger partial charge in [0.05, 0.1) is 0 Å². The summed E-state index contributed by atoms with van der Waals surface area (Å²) in [6.07, 6.45) is 4.15. The number of halogens is 1. The third-order valence-corrected chi connectivity index (χ3v) is 3.62. The van der Waals surface area contributed by atoms with Crippen LogP contribution in [-0.2, 0) is 0 Å². The molecule has 0 saturated heterocycles. The van der Waals surface area contributed by atoms with Gasteiger partial charge in [-0.15, -0.1) is 0 Å². The molecule has 96 valence electrons. The van der Waals surface area contributed by atoms with E-state index in [4.69, 9.17) is 0 Å². The fraction of sp³-hybridized carbons (Fsp3) is 0.250. The van der Waals surface area contributed by atoms with Crippen molar-refractivity contribution >= 4 is 21.6 Å². The predicted molar refractivity (Wildman–Crippen MR) is 84.2 cm³/mol. The van der Waals surface area contributed by atoms with Crippen LogP contribution in [0.5, 0.6) is 0 Å². The number of hydrogen-bond acceptors (Lipinski definition) is 1. The predicted octanol–water partition coefficient (Wildman–Crippen LogP) is 5.19. The largest absolute Gasteiger partial charge is 0.356 e. The average Bonchev–Trinajstić information content (AvgIpc) is 2.34. The molecule has 0 amide bonds. The topological polar surface area (TPSA) is 12.0 Å². The van der Waals surface area contributed by atoms with E-state index in [-0.39, 0.29) is 0 Å². The number of aryl methyl sites for hydroxylation is 1. The second kappa shape index (κ2) is 6.60. The molecule has 0 fully saturated rings. The Kier molecular flexibility index (Phi) is 5.42. The summed E-state index contributed by atoms with van der Waals surface area (Å²) < 4.78 is 1.06. The molecule has 0 aliphatic heterocycles. The number of rotatable bonds is 4. The van der Waals surface area contributed by atoms with Crippen LogP contribution in [0.25, 0.3) is 5.70 Å². The lowest BCUT2D eigenvalue weighted by Crippen LogP contribution is -2.13. The summed E-state index contributed by atoms with van der Waals surface area (Å²) in [5, 5.41) is 3.38. The minimum absolute atomic E-state index is 0.911. The molecular weight excluding hydrogens is 286 g/mol. The first-order valence-electron chi connectivity index (χ1n) is 6.02. The van der Waals surface area contributed by atoms with Crippen molar-refractivity contribution < 1.29 is 0 Å². The Balaban J connectivity index is 3.03. The molecule has 0 spiro atoms. The summed E-state index contributed by atoms with van der Waals surface area (Å²) in [6.45, 7) is 12.4. The van der Waals surface area contributed by atoms with Gasteiger partial charge in [0.15, 0.2) is 0 Å². The van der Waals surface area contributed by atoms with Crippen LogP contribution in [0, 0.1) is 6.92 Å². The summed E-state index contributed by atoms with van der Waals surface area (Å²) in [5.41, 5.74) is 5.55. The van der Waals surface area contributed by atoms with Gasteiger partial charge in [0.2, 0.25) is 0 Å². The average molecular weight is 306 g/mol. The molecule has 0 saturated carbocycles. The Bertz CT molecular complexity index is 490. The Hall–Kier alpha value is -1.28. The van der Waals surface area contributed by atoms with E-state index >= 15 is 0 Å². The van der Waals surface area contributed by atoms with Crippen LogP contribution >= 0.6 is 15.9 Å². The van der Waals surface area contributed by atoms with Gasteiger partial charge in [0, 0.05) is 21.4 Å². The van der Waals surface area contributed by atoms with Crippen molar-refractivity contribution in [1.82, 2.24) is 5.32 Å². The van der Waals surface area contributed by atoms with Gasteiger partial charge < -0.3 is 5.32 Å². The Morgan fingerprint density at radius 1 is 1.28 bits per heavy atom. The van der Waals surface area contributed by atoms with Gasteiger partial charge in [-0.2, -0.15) is 0 Å². The van der Waals surface area contributed by atoms with E-state index in [1.807, 2.05) is 26.0 Å². The van der Waals surface area contributed by atoms with Gasteiger partial charge in [-0.1, -0.05) is 46.8 Å². The normalized spacial score (nSPS) is 12.5. The van der Waals surface area contributed by atoms with E-state index in [0.29, 0.717) is 0 Å². The lowest BCUT2D eigenvalue weighted by Gasteiger charge is -2.16. The highest BCUT2D eigenvalue weighted by molar-refractivity contribution is 9.10. The molecule has 0 atom stereocenters. The van der Waals surface area contributed by atoms with Crippen molar-refractivity contribution in [2.75, 3.05) is 0 Å². The number of benzene rings is 1. The molecule has 0 aliphatic carbocycles. The van der Waals surface area contributed by atoms with E-state index in [0.717, 1.165) is 21.4 Å². The van der Waals surface area contributed by atoms with Crippen molar-refractivity contribution in [2.45, 2.75) is 27.7 Å². The van der Waals surface area contributed by atoms with Crippen LogP contribution in [0.4, 0.5) is 0 Å². The molecule has 0 aromatic heterocycles. The second-order valence-corrected chi connectivity index (χ2v) is 5.06. The number of hydrogen-bond donors (Lipinski definition) is 1. The van der Waals surface area contributed by atoms with Crippen molar-refractivity contribution in [3.05, 3.63) is 63.8 Å². The molecule has 0 bridgehead atoms. The summed E-state index contributed by atoms with van der Waals surface area (Å²) in [5.74, 6) is 0. The quantitative estimate of drug-likeness (QED) is 0.755. The smallest absolute Gasteiger partial charge is 0.0398 e. The summed E-state index contributed by atoms with van der Waals surface area (Å²) in [6, 6.07) is 6.15. The minimum atomic E-state index is 0.911. The second-order valence-electron chi connectivity index (χ2n) is 4.21. The maximum Gasteiger partial charge on any atom is 0.0398 e. The lowest BCUT2D eigenvalue weighted by atomic mass is 10.1. The Morgan fingerprint density at radius 3 is 2.44 bits per heavy atom. The fourth-order valence-electron chi connectivity index (χ4n) is 1.79. The maximum absolute atomic E-state index is 4.14. The standard InChI is InChI=1S/C16H20BrN/c1-6-11(3)15(7-2)18-13(5)16-12(4)9-8-10-14(16)17/h6-10,18H,5H2,1-4H3/b11-6-,15-7+. The molecule has 0 unspecified atom stereocenters. The van der Waals surface area contributed by atoms with Crippen LogP contribution in [-0.4, -0.2) is 0 Å². The highest BCUT2D eigenvalue weighted by Gasteiger charge is 2.08. The summed E-state index contributed by atoms with van der Waals surface area (Å²) >= 11 is 3.58. The third kappa shape index (κ3) is 3.36. The highest BCUT2D eigenvalue weighted by Crippen LogP contribution is 2.26. The highest BCUT2D eigenvalue weighted by atomic mass is 79.9. The fourth-order valence-corrected chi connectivity index (χ4v) is 2.50. The SMILES string of the molecule is C=C(NC(=C/C)/C(C)=C\C)c1c(C)cccc1Br. The van der Waals surface area contributed by atoms with Crippen molar-refractivity contribution in [3.63, 3.8) is 0 Å². The van der Waals surface area contributed by atoms with E-state index < -0.39 is 0 Å². The van der Waals surface area contributed by atoms with Gasteiger partial charge in [-0.3, -0.25) is 0 Å². The van der Waals surface area contributed by atoms with Crippen LogP contribution in [0.15, 0.2) is 52.7 Å². The van der Waals surface area contributed by atoms with E-state index in [9.17, 15) is 0 Å². The van der Waals surface area contributed by atoms with Gasteiger partial charge in [-0.25, -0.2) is 0 Å². The van der Waals surface area contributed by atoms with Gasteiger partial charge in [-0.05, 0) is 44.9 Å². The third-order valence-electron chi connectivity index (χ3n) is 2.96. The van der Waals surface area contributed by atoms with E-state index in [1.54, 1.807) is 0 Å². The van der Waals surface area contributed by atoms with Gasteiger partial charge >= 0.3 is 0 Å². The monoisotopic (exact) mass is 305 g/mol. The molecule has 0 radical (unpaired) electrons. The van der Waals surface area contributed by atoms with Crippen LogP contribution in [0.3, 0.4) is 0 Å². The van der Waals surface area contributed by atoms with Gasteiger partial charge in [0.25, 0.3) is 0 Å². The maximum atomic E-state index is 4.14. The summed E-state index contributed by atoms with van der Waals surface area (Å²) in [7, 11) is 0. The Labute approximate surface area is 118 Å². The molecule has 1 N–H and O–H groups in total. The molecule has 1 aromatic carbocycles. The van der Waals surface area contributed by atoms with Gasteiger partial charge in [0.1, 0.15) is 0 Å². The van der Waals surface area contributed by atoms with Crippen LogP contribution in [0.1, 0.15) is 31.9 Å². The van der Waals surface area contributed by atoms with E-state index in [1.165, 1.54) is 11.1 Å². The first kappa shape index (κ1) is 14.8. The van der Waals surface area contributed by atoms with Crippen LogP contribution in [0.2, 0.25) is 0 Å². The molecular formula is C16H20BrN. The zero-order valence-electron chi connectivity index (χ0n) is 11.5. The zero-order valence-corrected chi connectivity index (χ0v) is 13.1. The zero-order chi connectivity index (χ0) is 13.7. The summed E-state index contributed by atoms with van der Waals surface area (Å²) in [4.78, 5) is 0. The molecule has 1 nitrogen and oxygen atoms in total.